The highest BCUT2D eigenvalue weighted by Gasteiger charge is 2.29. The predicted molar refractivity (Wildman–Crippen MR) is 83.4 cm³/mol. The largest absolute Gasteiger partial charge is 0.465 e. The number of hydrogen-bond acceptors (Lipinski definition) is 5. The maximum atomic E-state index is 12.8. The molecule has 0 atom stereocenters. The molecule has 1 aliphatic rings. The lowest BCUT2D eigenvalue weighted by Gasteiger charge is -2.33. The molecule has 1 aromatic carbocycles. The molecule has 0 aromatic heterocycles. The van der Waals surface area contributed by atoms with Gasteiger partial charge in [0, 0.05) is 26.2 Å². The number of sulfonamides is 1. The van der Waals surface area contributed by atoms with Gasteiger partial charge in [0.05, 0.1) is 17.6 Å². The summed E-state index contributed by atoms with van der Waals surface area (Å²) in [5.41, 5.74) is 0.879. The highest BCUT2D eigenvalue weighted by atomic mass is 32.2. The first-order valence-corrected chi connectivity index (χ1v) is 8.75. The van der Waals surface area contributed by atoms with Gasteiger partial charge in [0.25, 0.3) is 0 Å². The van der Waals surface area contributed by atoms with E-state index in [9.17, 15) is 13.2 Å². The summed E-state index contributed by atoms with van der Waals surface area (Å²) in [6.45, 7) is 7.11. The van der Waals surface area contributed by atoms with Crippen LogP contribution in [-0.4, -0.2) is 63.4 Å². The number of esters is 1. The Balaban J connectivity index is 2.31. The van der Waals surface area contributed by atoms with Crippen molar-refractivity contribution in [2.24, 2.45) is 0 Å². The second-order valence-corrected chi connectivity index (χ2v) is 7.22. The lowest BCUT2D eigenvalue weighted by atomic mass is 10.1. The first-order valence-electron chi connectivity index (χ1n) is 7.31. The maximum absolute atomic E-state index is 12.8. The predicted octanol–water partition coefficient (Wildman–Crippen LogP) is 1.11. The summed E-state index contributed by atoms with van der Waals surface area (Å²) in [4.78, 5) is 14.0. The highest BCUT2D eigenvalue weighted by Crippen LogP contribution is 2.23. The molecule has 22 heavy (non-hydrogen) atoms. The van der Waals surface area contributed by atoms with Crippen molar-refractivity contribution < 1.29 is 17.9 Å². The minimum absolute atomic E-state index is 0.181. The molecule has 0 bridgehead atoms. The summed E-state index contributed by atoms with van der Waals surface area (Å²) in [7, 11) is -2.31. The quantitative estimate of drug-likeness (QED) is 0.776. The average Bonchev–Trinajstić information content (AvgIpc) is 2.54. The molecule has 1 fully saturated rings. The number of nitrogens with zero attached hydrogens (tertiary/aromatic N) is 2. The molecule has 0 amide bonds. The third-order valence-corrected chi connectivity index (χ3v) is 6.05. The van der Waals surface area contributed by atoms with Crippen molar-refractivity contribution in [3.63, 3.8) is 0 Å². The van der Waals surface area contributed by atoms with E-state index < -0.39 is 16.0 Å². The Morgan fingerprint density at radius 2 is 1.86 bits per heavy atom. The molecule has 1 aromatic rings. The van der Waals surface area contributed by atoms with E-state index >= 15 is 0 Å². The fourth-order valence-electron chi connectivity index (χ4n) is 2.55. The van der Waals surface area contributed by atoms with Crippen LogP contribution in [0.5, 0.6) is 0 Å². The van der Waals surface area contributed by atoms with Gasteiger partial charge in [-0.25, -0.2) is 13.2 Å². The van der Waals surface area contributed by atoms with Crippen LogP contribution in [0.3, 0.4) is 0 Å². The van der Waals surface area contributed by atoms with Crippen LogP contribution < -0.4 is 0 Å². The van der Waals surface area contributed by atoms with Crippen molar-refractivity contribution >= 4 is 16.0 Å². The number of piperazine rings is 1. The number of hydrogen-bond donors (Lipinski definition) is 0. The monoisotopic (exact) mass is 326 g/mol. The van der Waals surface area contributed by atoms with E-state index in [0.29, 0.717) is 18.7 Å². The van der Waals surface area contributed by atoms with Crippen molar-refractivity contribution in [3.8, 4) is 0 Å². The van der Waals surface area contributed by atoms with E-state index in [-0.39, 0.29) is 10.5 Å². The van der Waals surface area contributed by atoms with Crippen molar-refractivity contribution in [1.82, 2.24) is 9.21 Å². The van der Waals surface area contributed by atoms with Crippen LogP contribution in [0.2, 0.25) is 0 Å². The van der Waals surface area contributed by atoms with Crippen LogP contribution >= 0.6 is 0 Å². The van der Waals surface area contributed by atoms with Gasteiger partial charge in [-0.05, 0) is 31.2 Å². The van der Waals surface area contributed by atoms with Crippen LogP contribution in [0, 0.1) is 6.92 Å². The first-order chi connectivity index (χ1) is 10.4. The lowest BCUT2D eigenvalue weighted by Crippen LogP contribution is -2.48. The number of methoxy groups -OCH3 is 1. The SMILES string of the molecule is CCN1CCN(S(=O)(=O)c2cc(C(=O)OC)ccc2C)CC1. The second-order valence-electron chi connectivity index (χ2n) is 5.31. The summed E-state index contributed by atoms with van der Waals surface area (Å²) >= 11 is 0. The third-order valence-electron chi connectivity index (χ3n) is 4.01. The molecule has 0 aliphatic carbocycles. The molecule has 1 heterocycles. The van der Waals surface area contributed by atoms with Gasteiger partial charge in [-0.15, -0.1) is 0 Å². The summed E-state index contributed by atoms with van der Waals surface area (Å²) in [6.07, 6.45) is 0. The molecule has 0 N–H and O–H groups in total. The molecule has 122 valence electrons. The van der Waals surface area contributed by atoms with Crippen LogP contribution in [0.4, 0.5) is 0 Å². The molecular formula is C15H22N2O4S. The fraction of sp³-hybridized carbons (Fsp3) is 0.533. The van der Waals surface area contributed by atoms with E-state index in [0.717, 1.165) is 19.6 Å². The molecule has 7 heteroatoms. The standard InChI is InChI=1S/C15H22N2O4S/c1-4-16-7-9-17(10-8-16)22(19,20)14-11-13(15(18)21-3)6-5-12(14)2/h5-6,11H,4,7-10H2,1-3H3. The zero-order chi connectivity index (χ0) is 16.3. The molecule has 0 spiro atoms. The normalized spacial score (nSPS) is 17.4. The van der Waals surface area contributed by atoms with Crippen LogP contribution in [0.25, 0.3) is 0 Å². The Hall–Kier alpha value is -1.44. The average molecular weight is 326 g/mol. The number of carbonyl (C=O) groups is 1. The molecule has 2 rings (SSSR count). The number of carbonyl (C=O) groups excluding carboxylic acids is 1. The smallest absolute Gasteiger partial charge is 0.337 e. The molecule has 1 aliphatic heterocycles. The van der Waals surface area contributed by atoms with Crippen molar-refractivity contribution in [1.29, 1.82) is 0 Å². The molecular weight excluding hydrogens is 304 g/mol. The minimum atomic E-state index is -3.59. The second kappa shape index (κ2) is 6.76. The number of likely N-dealkylation sites (N-methyl/N-ethyl adjacent to an activating group) is 1. The fourth-order valence-corrected chi connectivity index (χ4v) is 4.22. The Morgan fingerprint density at radius 3 is 2.41 bits per heavy atom. The van der Waals surface area contributed by atoms with Crippen LogP contribution in [0.15, 0.2) is 23.1 Å². The zero-order valence-electron chi connectivity index (χ0n) is 13.2. The Labute approximate surface area is 131 Å². The van der Waals surface area contributed by atoms with Gasteiger partial charge in [-0.1, -0.05) is 13.0 Å². The maximum Gasteiger partial charge on any atom is 0.337 e. The zero-order valence-corrected chi connectivity index (χ0v) is 14.0. The number of benzene rings is 1. The Bertz CT molecular complexity index is 650. The van der Waals surface area contributed by atoms with Crippen molar-refractivity contribution in [2.75, 3.05) is 39.8 Å². The molecule has 0 saturated carbocycles. The summed E-state index contributed by atoms with van der Waals surface area (Å²) in [5, 5.41) is 0. The summed E-state index contributed by atoms with van der Waals surface area (Å²) in [6, 6.07) is 4.62. The number of ether oxygens (including phenoxy) is 1. The topological polar surface area (TPSA) is 66.9 Å². The van der Waals surface area contributed by atoms with Gasteiger partial charge in [0.2, 0.25) is 10.0 Å². The highest BCUT2D eigenvalue weighted by molar-refractivity contribution is 7.89. The first kappa shape index (κ1) is 16.9. The Morgan fingerprint density at radius 1 is 1.23 bits per heavy atom. The molecule has 0 radical (unpaired) electrons. The minimum Gasteiger partial charge on any atom is -0.465 e. The van der Waals surface area contributed by atoms with E-state index in [1.165, 1.54) is 17.5 Å². The van der Waals surface area contributed by atoms with Gasteiger partial charge in [-0.2, -0.15) is 4.31 Å². The van der Waals surface area contributed by atoms with Crippen molar-refractivity contribution in [3.05, 3.63) is 29.3 Å². The third kappa shape index (κ3) is 3.31. The van der Waals surface area contributed by atoms with Crippen LogP contribution in [0.1, 0.15) is 22.8 Å². The van der Waals surface area contributed by atoms with Gasteiger partial charge in [-0.3, -0.25) is 0 Å². The lowest BCUT2D eigenvalue weighted by molar-refractivity contribution is 0.0600. The number of aryl methyl sites for hydroxylation is 1. The van der Waals surface area contributed by atoms with Gasteiger partial charge >= 0.3 is 5.97 Å². The van der Waals surface area contributed by atoms with Gasteiger partial charge < -0.3 is 9.64 Å². The van der Waals surface area contributed by atoms with Crippen molar-refractivity contribution in [2.45, 2.75) is 18.7 Å². The van der Waals surface area contributed by atoms with E-state index in [4.69, 9.17) is 0 Å². The molecule has 6 nitrogen and oxygen atoms in total. The Kier molecular flexibility index (Phi) is 5.20. The summed E-state index contributed by atoms with van der Waals surface area (Å²) in [5.74, 6) is -0.535. The van der Waals surface area contributed by atoms with E-state index in [1.807, 2.05) is 0 Å². The van der Waals surface area contributed by atoms with E-state index in [2.05, 4.69) is 16.6 Å². The summed E-state index contributed by atoms with van der Waals surface area (Å²) < 4.78 is 31.8. The molecule has 1 saturated heterocycles. The van der Waals surface area contributed by atoms with Gasteiger partial charge in [0.15, 0.2) is 0 Å². The molecule has 0 unspecified atom stereocenters. The number of rotatable bonds is 4. The van der Waals surface area contributed by atoms with Gasteiger partial charge in [0.1, 0.15) is 0 Å². The van der Waals surface area contributed by atoms with Crippen LogP contribution in [-0.2, 0) is 14.8 Å². The van der Waals surface area contributed by atoms with E-state index in [1.54, 1.807) is 19.1 Å².